The molecule has 2 heteroatoms. The molecule has 1 aliphatic rings. The lowest BCUT2D eigenvalue weighted by molar-refractivity contribution is 0.253. The molecule has 1 rings (SSSR count). The molecule has 0 amide bonds. The summed E-state index contributed by atoms with van der Waals surface area (Å²) in [6.07, 6.45) is 4.23. The summed E-state index contributed by atoms with van der Waals surface area (Å²) in [5.41, 5.74) is 2.44. The number of hydrogen-bond acceptors (Lipinski definition) is 2. The molecule has 0 saturated heterocycles. The zero-order valence-corrected chi connectivity index (χ0v) is 10.0. The first kappa shape index (κ1) is 11.0. The van der Waals surface area contributed by atoms with E-state index in [1.54, 1.807) is 0 Å². The van der Waals surface area contributed by atoms with Gasteiger partial charge >= 0.3 is 0 Å². The number of aliphatic imine (C=N–C) groups is 1. The van der Waals surface area contributed by atoms with E-state index in [-0.39, 0.29) is 5.54 Å². The van der Waals surface area contributed by atoms with Crippen molar-refractivity contribution in [2.45, 2.75) is 47.1 Å². The highest BCUT2D eigenvalue weighted by Gasteiger charge is 2.24. The molecule has 0 saturated carbocycles. The molecule has 0 radical (unpaired) electrons. The van der Waals surface area contributed by atoms with E-state index in [1.807, 2.05) is 6.92 Å². The molecule has 0 aromatic carbocycles. The van der Waals surface area contributed by atoms with Gasteiger partial charge in [-0.2, -0.15) is 0 Å². The Bertz CT molecular complexity index is 314. The van der Waals surface area contributed by atoms with Gasteiger partial charge in [0.1, 0.15) is 5.82 Å². The lowest BCUT2D eigenvalue weighted by Gasteiger charge is -2.37. The molecule has 0 aliphatic carbocycles. The zero-order chi connectivity index (χ0) is 10.9. The Morgan fingerprint density at radius 1 is 1.29 bits per heavy atom. The number of allylic oxidation sites excluding steroid dienone is 2. The van der Waals surface area contributed by atoms with Crippen molar-refractivity contribution in [2.75, 3.05) is 0 Å². The second kappa shape index (κ2) is 3.60. The minimum absolute atomic E-state index is 0.0906. The minimum atomic E-state index is 0.0906. The first-order valence-corrected chi connectivity index (χ1v) is 5.06. The van der Waals surface area contributed by atoms with Gasteiger partial charge in [-0.1, -0.05) is 0 Å². The molecule has 0 spiro atoms. The molecule has 0 aromatic heterocycles. The highest BCUT2D eigenvalue weighted by atomic mass is 15.3. The Morgan fingerprint density at radius 3 is 2.29 bits per heavy atom. The van der Waals surface area contributed by atoms with Crippen LogP contribution in [0.4, 0.5) is 0 Å². The van der Waals surface area contributed by atoms with Crippen molar-refractivity contribution < 1.29 is 0 Å². The summed E-state index contributed by atoms with van der Waals surface area (Å²) in [7, 11) is 0. The molecule has 78 valence electrons. The second-order valence-corrected chi connectivity index (χ2v) is 4.70. The van der Waals surface area contributed by atoms with Crippen molar-refractivity contribution in [1.29, 1.82) is 0 Å². The number of nitrogens with zero attached hydrogens (tertiary/aromatic N) is 2. The summed E-state index contributed by atoms with van der Waals surface area (Å²) in [5.74, 6) is 1.04. The van der Waals surface area contributed by atoms with E-state index in [9.17, 15) is 0 Å². The van der Waals surface area contributed by atoms with E-state index in [2.05, 4.69) is 56.8 Å². The van der Waals surface area contributed by atoms with Crippen LogP contribution in [0.1, 0.15) is 41.5 Å². The standard InChI is InChI=1S/C12H20N2/c1-7-11-13-10(3)9(2)8-14(11)12(4,5)6/h7-8H,1-6H3/b11-7-. The second-order valence-electron chi connectivity index (χ2n) is 4.70. The van der Waals surface area contributed by atoms with Gasteiger partial charge < -0.3 is 4.90 Å². The molecule has 1 aliphatic heterocycles. The summed E-state index contributed by atoms with van der Waals surface area (Å²) < 4.78 is 0. The maximum Gasteiger partial charge on any atom is 0.128 e. The molecule has 0 aromatic rings. The van der Waals surface area contributed by atoms with Crippen LogP contribution in [-0.4, -0.2) is 16.2 Å². The fourth-order valence-corrected chi connectivity index (χ4v) is 1.41. The van der Waals surface area contributed by atoms with Crippen LogP contribution in [0.5, 0.6) is 0 Å². The van der Waals surface area contributed by atoms with Gasteiger partial charge in [-0.05, 0) is 53.2 Å². The maximum absolute atomic E-state index is 4.57. The largest absolute Gasteiger partial charge is 0.328 e. The van der Waals surface area contributed by atoms with Gasteiger partial charge in [0.2, 0.25) is 0 Å². The van der Waals surface area contributed by atoms with E-state index in [0.29, 0.717) is 0 Å². The van der Waals surface area contributed by atoms with Crippen molar-refractivity contribution in [3.05, 3.63) is 23.7 Å². The quantitative estimate of drug-likeness (QED) is 0.575. The Morgan fingerprint density at radius 2 is 1.86 bits per heavy atom. The summed E-state index contributed by atoms with van der Waals surface area (Å²) >= 11 is 0. The Labute approximate surface area is 87.0 Å². The fourth-order valence-electron chi connectivity index (χ4n) is 1.41. The third-order valence-electron chi connectivity index (χ3n) is 2.40. The van der Waals surface area contributed by atoms with Crippen molar-refractivity contribution >= 4 is 5.71 Å². The van der Waals surface area contributed by atoms with Crippen molar-refractivity contribution in [1.82, 2.24) is 4.90 Å². The van der Waals surface area contributed by atoms with Crippen LogP contribution in [-0.2, 0) is 0 Å². The van der Waals surface area contributed by atoms with Crippen LogP contribution in [0.3, 0.4) is 0 Å². The third kappa shape index (κ3) is 2.06. The Hall–Kier alpha value is -1.05. The summed E-state index contributed by atoms with van der Waals surface area (Å²) in [4.78, 5) is 6.78. The highest BCUT2D eigenvalue weighted by molar-refractivity contribution is 5.98. The normalized spacial score (nSPS) is 21.0. The van der Waals surface area contributed by atoms with Gasteiger partial charge in [0.05, 0.1) is 0 Å². The van der Waals surface area contributed by atoms with Crippen molar-refractivity contribution in [3.8, 4) is 0 Å². The average molecular weight is 192 g/mol. The first-order valence-electron chi connectivity index (χ1n) is 5.06. The first-order chi connectivity index (χ1) is 6.36. The van der Waals surface area contributed by atoms with Crippen molar-refractivity contribution in [2.24, 2.45) is 4.99 Å². The van der Waals surface area contributed by atoms with Crippen molar-refractivity contribution in [3.63, 3.8) is 0 Å². The van der Waals surface area contributed by atoms with E-state index in [0.717, 1.165) is 11.5 Å². The van der Waals surface area contributed by atoms with Crippen LogP contribution in [0.25, 0.3) is 0 Å². The molecule has 0 atom stereocenters. The molecular weight excluding hydrogens is 172 g/mol. The van der Waals surface area contributed by atoms with Gasteiger partial charge in [0, 0.05) is 17.5 Å². The predicted octanol–water partition coefficient (Wildman–Crippen LogP) is 3.33. The molecular formula is C12H20N2. The predicted molar refractivity (Wildman–Crippen MR) is 62.2 cm³/mol. The van der Waals surface area contributed by atoms with Gasteiger partial charge in [-0.15, -0.1) is 0 Å². The van der Waals surface area contributed by atoms with E-state index >= 15 is 0 Å². The fraction of sp³-hybridized carbons (Fsp3) is 0.583. The summed E-state index contributed by atoms with van der Waals surface area (Å²) in [6.45, 7) is 12.8. The SMILES string of the molecule is C/C=C1/N=C(C)C(C)=CN1C(C)(C)C. The van der Waals surface area contributed by atoms with Crippen LogP contribution in [0.15, 0.2) is 28.7 Å². The summed E-state index contributed by atoms with van der Waals surface area (Å²) in [6, 6.07) is 0. The molecule has 0 unspecified atom stereocenters. The van der Waals surface area contributed by atoms with Gasteiger partial charge in [0.15, 0.2) is 0 Å². The maximum atomic E-state index is 4.57. The van der Waals surface area contributed by atoms with Crippen LogP contribution in [0, 0.1) is 0 Å². The van der Waals surface area contributed by atoms with Gasteiger partial charge in [-0.25, -0.2) is 4.99 Å². The van der Waals surface area contributed by atoms with E-state index < -0.39 is 0 Å². The lowest BCUT2D eigenvalue weighted by Crippen LogP contribution is -2.38. The van der Waals surface area contributed by atoms with E-state index in [4.69, 9.17) is 0 Å². The number of rotatable bonds is 0. The molecule has 14 heavy (non-hydrogen) atoms. The zero-order valence-electron chi connectivity index (χ0n) is 10.0. The molecule has 0 N–H and O–H groups in total. The molecule has 0 bridgehead atoms. The monoisotopic (exact) mass is 192 g/mol. The van der Waals surface area contributed by atoms with Gasteiger partial charge in [0.25, 0.3) is 0 Å². The third-order valence-corrected chi connectivity index (χ3v) is 2.40. The number of hydrogen-bond donors (Lipinski definition) is 0. The molecule has 1 heterocycles. The highest BCUT2D eigenvalue weighted by Crippen LogP contribution is 2.26. The van der Waals surface area contributed by atoms with Gasteiger partial charge in [-0.3, -0.25) is 0 Å². The molecule has 2 nitrogen and oxygen atoms in total. The lowest BCUT2D eigenvalue weighted by atomic mass is 10.0. The topological polar surface area (TPSA) is 15.6 Å². The van der Waals surface area contributed by atoms with Crippen LogP contribution in [0.2, 0.25) is 0 Å². The molecule has 0 fully saturated rings. The van der Waals surface area contributed by atoms with Crippen LogP contribution >= 0.6 is 0 Å². The summed E-state index contributed by atoms with van der Waals surface area (Å²) in [5, 5.41) is 0. The smallest absolute Gasteiger partial charge is 0.128 e. The Balaban J connectivity index is 3.11. The minimum Gasteiger partial charge on any atom is -0.328 e. The van der Waals surface area contributed by atoms with Crippen LogP contribution < -0.4 is 0 Å². The Kier molecular flexibility index (Phi) is 2.84. The van der Waals surface area contributed by atoms with E-state index in [1.165, 1.54) is 5.57 Å². The average Bonchev–Trinajstić information content (AvgIpc) is 2.07.